The van der Waals surface area contributed by atoms with Crippen molar-refractivity contribution in [1.29, 1.82) is 0 Å². The van der Waals surface area contributed by atoms with E-state index in [2.05, 4.69) is 4.84 Å². The molecule has 0 aromatic rings. The van der Waals surface area contributed by atoms with E-state index in [1.54, 1.807) is 0 Å². The topological polar surface area (TPSA) is 61.3 Å². The molecule has 1 aliphatic rings. The van der Waals surface area contributed by atoms with Gasteiger partial charge in [-0.05, 0) is 6.42 Å². The molecule has 1 unspecified atom stereocenters. The molecule has 8 heavy (non-hydrogen) atoms. The van der Waals surface area contributed by atoms with E-state index in [0.717, 1.165) is 6.42 Å². The SMILES string of the molecule is NC1CCC=[N+]([O-])O1. The van der Waals surface area contributed by atoms with Crippen LogP contribution in [0.1, 0.15) is 12.8 Å². The molecule has 1 aliphatic heterocycles. The van der Waals surface area contributed by atoms with Gasteiger partial charge in [-0.25, -0.2) is 0 Å². The van der Waals surface area contributed by atoms with Crippen LogP contribution in [0.4, 0.5) is 0 Å². The maximum Gasteiger partial charge on any atom is 0.210 e. The van der Waals surface area contributed by atoms with Gasteiger partial charge < -0.3 is 10.6 Å². The average molecular weight is 116 g/mol. The van der Waals surface area contributed by atoms with Gasteiger partial charge in [0.15, 0.2) is 0 Å². The van der Waals surface area contributed by atoms with Crippen molar-refractivity contribution in [2.24, 2.45) is 5.73 Å². The quantitative estimate of drug-likeness (QED) is 0.437. The Hall–Kier alpha value is -0.770. The number of rotatable bonds is 0. The van der Waals surface area contributed by atoms with Crippen LogP contribution >= 0.6 is 0 Å². The number of nitrogens with zero attached hydrogens (tertiary/aromatic N) is 1. The lowest BCUT2D eigenvalue weighted by Crippen LogP contribution is -2.31. The van der Waals surface area contributed by atoms with E-state index in [0.29, 0.717) is 11.3 Å². The highest BCUT2D eigenvalue weighted by molar-refractivity contribution is 5.51. The molecule has 0 amide bonds. The van der Waals surface area contributed by atoms with Gasteiger partial charge in [0.25, 0.3) is 0 Å². The van der Waals surface area contributed by atoms with E-state index < -0.39 is 6.23 Å². The summed E-state index contributed by atoms with van der Waals surface area (Å²) in [6.45, 7) is 0. The van der Waals surface area contributed by atoms with Gasteiger partial charge in [-0.3, -0.25) is 5.21 Å². The molecule has 0 aromatic carbocycles. The van der Waals surface area contributed by atoms with Crippen molar-refractivity contribution >= 4 is 6.21 Å². The summed E-state index contributed by atoms with van der Waals surface area (Å²) in [6.07, 6.45) is 2.46. The van der Waals surface area contributed by atoms with Crippen LogP contribution in [0.25, 0.3) is 0 Å². The Balaban J connectivity index is 2.45. The molecule has 2 N–H and O–H groups in total. The predicted octanol–water partition coefficient (Wildman–Crippen LogP) is -0.422. The van der Waals surface area contributed by atoms with E-state index in [9.17, 15) is 5.21 Å². The van der Waals surface area contributed by atoms with Crippen LogP contribution in [-0.4, -0.2) is 17.3 Å². The standard InChI is InChI=1S/C4H8N2O2/c5-4-2-1-3-6(7)8-4/h3-4H,1-2,5H2. The summed E-state index contributed by atoms with van der Waals surface area (Å²) >= 11 is 0. The molecule has 0 saturated carbocycles. The molecule has 0 aliphatic carbocycles. The van der Waals surface area contributed by atoms with Gasteiger partial charge >= 0.3 is 0 Å². The molecule has 4 nitrogen and oxygen atoms in total. The minimum atomic E-state index is -0.405. The second-order valence-electron chi connectivity index (χ2n) is 1.69. The Morgan fingerprint density at radius 1 is 1.88 bits per heavy atom. The summed E-state index contributed by atoms with van der Waals surface area (Å²) in [5.74, 6) is 0. The van der Waals surface area contributed by atoms with E-state index in [1.807, 2.05) is 0 Å². The first-order chi connectivity index (χ1) is 3.79. The minimum Gasteiger partial charge on any atom is -0.385 e. The van der Waals surface area contributed by atoms with Crippen molar-refractivity contribution in [3.8, 4) is 0 Å². The van der Waals surface area contributed by atoms with Crippen molar-refractivity contribution in [2.45, 2.75) is 19.1 Å². The van der Waals surface area contributed by atoms with E-state index in [1.165, 1.54) is 6.21 Å². The Kier molecular flexibility index (Phi) is 1.34. The predicted molar refractivity (Wildman–Crippen MR) is 28.0 cm³/mol. The summed E-state index contributed by atoms with van der Waals surface area (Å²) in [5, 5.41) is 10.2. The zero-order valence-corrected chi connectivity index (χ0v) is 4.41. The van der Waals surface area contributed by atoms with Gasteiger partial charge in [-0.2, -0.15) is 0 Å². The third kappa shape index (κ3) is 1.10. The maximum atomic E-state index is 10.2. The average Bonchev–Trinajstić information content (AvgIpc) is 1.64. The first-order valence-corrected chi connectivity index (χ1v) is 2.51. The van der Waals surface area contributed by atoms with Gasteiger partial charge in [0.05, 0.1) is 0 Å². The second-order valence-corrected chi connectivity index (χ2v) is 1.69. The van der Waals surface area contributed by atoms with Crippen LogP contribution in [0.15, 0.2) is 0 Å². The molecule has 0 spiro atoms. The van der Waals surface area contributed by atoms with Crippen molar-refractivity contribution in [3.63, 3.8) is 0 Å². The summed E-state index contributed by atoms with van der Waals surface area (Å²) in [5.41, 5.74) is 5.24. The van der Waals surface area contributed by atoms with Crippen LogP contribution in [-0.2, 0) is 4.84 Å². The molecular formula is C4H8N2O2. The fourth-order valence-electron chi connectivity index (χ4n) is 0.573. The van der Waals surface area contributed by atoms with E-state index in [-0.39, 0.29) is 0 Å². The molecule has 1 heterocycles. The molecule has 4 heteroatoms. The van der Waals surface area contributed by atoms with Crippen molar-refractivity contribution < 1.29 is 9.74 Å². The Bertz CT molecular complexity index is 113. The van der Waals surface area contributed by atoms with Gasteiger partial charge in [0.2, 0.25) is 6.21 Å². The highest BCUT2D eigenvalue weighted by Crippen LogP contribution is 1.99. The highest BCUT2D eigenvalue weighted by atomic mass is 16.9. The molecule has 46 valence electrons. The number of nitrogens with two attached hydrogens (primary N) is 1. The third-order valence-corrected chi connectivity index (χ3v) is 0.969. The normalized spacial score (nSPS) is 28.6. The summed E-state index contributed by atoms with van der Waals surface area (Å²) in [6, 6.07) is 0. The number of hydrogen-bond donors (Lipinski definition) is 1. The minimum absolute atomic E-state index is 0.405. The fraction of sp³-hybridized carbons (Fsp3) is 0.750. The van der Waals surface area contributed by atoms with Crippen LogP contribution in [0, 0.1) is 5.21 Å². The lowest BCUT2D eigenvalue weighted by atomic mass is 10.3. The van der Waals surface area contributed by atoms with Gasteiger partial charge in [0.1, 0.15) is 6.23 Å². The summed E-state index contributed by atoms with van der Waals surface area (Å²) in [4.78, 5) is 4.90. The van der Waals surface area contributed by atoms with Gasteiger partial charge in [-0.15, -0.1) is 0 Å². The van der Waals surface area contributed by atoms with Crippen LogP contribution in [0.5, 0.6) is 0 Å². The van der Waals surface area contributed by atoms with Crippen molar-refractivity contribution in [2.75, 3.05) is 0 Å². The molecular weight excluding hydrogens is 108 g/mol. The molecule has 0 radical (unpaired) electrons. The number of hydrogen-bond acceptors (Lipinski definition) is 3. The smallest absolute Gasteiger partial charge is 0.210 e. The van der Waals surface area contributed by atoms with Crippen molar-refractivity contribution in [1.82, 2.24) is 0 Å². The van der Waals surface area contributed by atoms with Gasteiger partial charge in [-0.1, -0.05) is 0 Å². The van der Waals surface area contributed by atoms with Crippen LogP contribution in [0.2, 0.25) is 0 Å². The highest BCUT2D eigenvalue weighted by Gasteiger charge is 2.08. The first kappa shape index (κ1) is 5.37. The zero-order valence-electron chi connectivity index (χ0n) is 4.41. The van der Waals surface area contributed by atoms with Crippen LogP contribution in [0.3, 0.4) is 0 Å². The van der Waals surface area contributed by atoms with Crippen LogP contribution < -0.4 is 5.73 Å². The first-order valence-electron chi connectivity index (χ1n) is 2.51. The second kappa shape index (κ2) is 2.00. The Morgan fingerprint density at radius 2 is 2.62 bits per heavy atom. The van der Waals surface area contributed by atoms with E-state index in [4.69, 9.17) is 5.73 Å². The molecule has 0 bridgehead atoms. The lowest BCUT2D eigenvalue weighted by molar-refractivity contribution is -0.754. The zero-order chi connectivity index (χ0) is 5.98. The molecule has 1 rings (SSSR count). The monoisotopic (exact) mass is 116 g/mol. The largest absolute Gasteiger partial charge is 0.385 e. The summed E-state index contributed by atoms with van der Waals surface area (Å²) in [7, 11) is 0. The van der Waals surface area contributed by atoms with Crippen molar-refractivity contribution in [3.05, 3.63) is 5.21 Å². The molecule has 0 saturated heterocycles. The maximum absolute atomic E-state index is 10.2. The summed E-state index contributed by atoms with van der Waals surface area (Å²) < 4.78 is 0. The molecule has 1 atom stereocenters. The Morgan fingerprint density at radius 3 is 3.00 bits per heavy atom. The third-order valence-electron chi connectivity index (χ3n) is 0.969. The molecule has 0 aromatic heterocycles. The Labute approximate surface area is 47.1 Å². The van der Waals surface area contributed by atoms with Gasteiger partial charge in [0, 0.05) is 11.3 Å². The lowest BCUT2D eigenvalue weighted by Gasteiger charge is -2.16. The fourth-order valence-corrected chi connectivity index (χ4v) is 0.573. The molecule has 0 fully saturated rings. The van der Waals surface area contributed by atoms with E-state index >= 15 is 0 Å².